The Balaban J connectivity index is 2.27. The second-order valence-corrected chi connectivity index (χ2v) is 5.67. The first kappa shape index (κ1) is 12.5. The summed E-state index contributed by atoms with van der Waals surface area (Å²) in [5.74, 6) is -0.238. The van der Waals surface area contributed by atoms with Crippen LogP contribution in [0.25, 0.3) is 0 Å². The van der Waals surface area contributed by atoms with Gasteiger partial charge >= 0.3 is 0 Å². The van der Waals surface area contributed by atoms with Gasteiger partial charge in [-0.2, -0.15) is 0 Å². The van der Waals surface area contributed by atoms with Gasteiger partial charge in [-0.1, -0.05) is 13.0 Å². The topological polar surface area (TPSA) is 38.9 Å². The van der Waals surface area contributed by atoms with Gasteiger partial charge in [0.15, 0.2) is 5.13 Å². The monoisotopic (exact) mass is 314 g/mol. The Morgan fingerprint density at radius 2 is 2.24 bits per heavy atom. The van der Waals surface area contributed by atoms with Gasteiger partial charge in [0, 0.05) is 11.3 Å². The number of nitrogen functional groups attached to an aromatic ring is 1. The number of aryl methyl sites for hydroxylation is 1. The Morgan fingerprint density at radius 3 is 2.88 bits per heavy atom. The third-order valence-corrected chi connectivity index (χ3v) is 4.05. The summed E-state index contributed by atoms with van der Waals surface area (Å²) in [6, 6.07) is 5.17. The molecule has 5 heteroatoms. The lowest BCUT2D eigenvalue weighted by Gasteiger charge is -2.02. The van der Waals surface area contributed by atoms with Gasteiger partial charge in [0.1, 0.15) is 5.82 Å². The number of nitrogens with zero attached hydrogens (tertiary/aromatic N) is 1. The molecule has 90 valence electrons. The van der Waals surface area contributed by atoms with Crippen molar-refractivity contribution < 1.29 is 4.39 Å². The molecule has 0 aliphatic heterocycles. The summed E-state index contributed by atoms with van der Waals surface area (Å²) in [6.45, 7) is 2.04. The van der Waals surface area contributed by atoms with Crippen LogP contribution >= 0.6 is 27.3 Å². The zero-order chi connectivity index (χ0) is 12.4. The molecule has 2 rings (SSSR count). The van der Waals surface area contributed by atoms with Crippen molar-refractivity contribution in [2.45, 2.75) is 19.8 Å². The van der Waals surface area contributed by atoms with Crippen LogP contribution in [0.5, 0.6) is 0 Å². The summed E-state index contributed by atoms with van der Waals surface area (Å²) in [6.07, 6.45) is 1.53. The standard InChI is InChI=1S/C12H12BrFN2S/c1-2-10-11(17-12(15)16-10)6-7-3-4-8(13)9(14)5-7/h3-5H,2,6H2,1H3,(H2,15,16). The summed E-state index contributed by atoms with van der Waals surface area (Å²) in [7, 11) is 0. The van der Waals surface area contributed by atoms with E-state index in [2.05, 4.69) is 20.9 Å². The molecule has 0 unspecified atom stereocenters. The highest BCUT2D eigenvalue weighted by Crippen LogP contribution is 2.25. The van der Waals surface area contributed by atoms with Gasteiger partial charge in [-0.3, -0.25) is 0 Å². The van der Waals surface area contributed by atoms with Crippen molar-refractivity contribution in [2.24, 2.45) is 0 Å². The molecule has 1 aromatic carbocycles. The molecule has 0 atom stereocenters. The number of aromatic nitrogens is 1. The molecule has 2 N–H and O–H groups in total. The third kappa shape index (κ3) is 2.84. The normalized spacial score (nSPS) is 10.8. The van der Waals surface area contributed by atoms with Gasteiger partial charge < -0.3 is 5.73 Å². The number of thiazole rings is 1. The highest BCUT2D eigenvalue weighted by atomic mass is 79.9. The Bertz CT molecular complexity index is 539. The van der Waals surface area contributed by atoms with E-state index in [1.807, 2.05) is 13.0 Å². The lowest BCUT2D eigenvalue weighted by atomic mass is 10.1. The van der Waals surface area contributed by atoms with Gasteiger partial charge in [-0.25, -0.2) is 9.37 Å². The Morgan fingerprint density at radius 1 is 1.47 bits per heavy atom. The van der Waals surface area contributed by atoms with Crippen molar-refractivity contribution in [3.63, 3.8) is 0 Å². The molecular weight excluding hydrogens is 303 g/mol. The minimum absolute atomic E-state index is 0.238. The number of halogens is 2. The molecule has 0 aliphatic rings. The summed E-state index contributed by atoms with van der Waals surface area (Å²) in [5, 5.41) is 0.578. The maximum absolute atomic E-state index is 13.4. The molecule has 1 aromatic heterocycles. The Hall–Kier alpha value is -0.940. The first-order chi connectivity index (χ1) is 8.10. The number of anilines is 1. The lowest BCUT2D eigenvalue weighted by molar-refractivity contribution is 0.619. The number of benzene rings is 1. The van der Waals surface area contributed by atoms with Crippen molar-refractivity contribution >= 4 is 32.4 Å². The fraction of sp³-hybridized carbons (Fsp3) is 0.250. The zero-order valence-corrected chi connectivity index (χ0v) is 11.7. The maximum atomic E-state index is 13.4. The van der Waals surface area contributed by atoms with Crippen LogP contribution in [0.1, 0.15) is 23.1 Å². The van der Waals surface area contributed by atoms with E-state index in [0.29, 0.717) is 16.0 Å². The molecule has 2 aromatic rings. The average Bonchev–Trinajstić information content (AvgIpc) is 2.64. The zero-order valence-electron chi connectivity index (χ0n) is 9.34. The smallest absolute Gasteiger partial charge is 0.180 e. The quantitative estimate of drug-likeness (QED) is 0.936. The van der Waals surface area contributed by atoms with Crippen molar-refractivity contribution in [3.05, 3.63) is 44.6 Å². The van der Waals surface area contributed by atoms with Crippen LogP contribution in [-0.2, 0) is 12.8 Å². The van der Waals surface area contributed by atoms with E-state index in [9.17, 15) is 4.39 Å². The predicted octanol–water partition coefficient (Wildman–Crippen LogP) is 3.78. The Kier molecular flexibility index (Phi) is 3.79. The van der Waals surface area contributed by atoms with E-state index in [1.165, 1.54) is 11.3 Å². The van der Waals surface area contributed by atoms with E-state index in [-0.39, 0.29) is 5.82 Å². The highest BCUT2D eigenvalue weighted by molar-refractivity contribution is 9.10. The van der Waals surface area contributed by atoms with Gasteiger partial charge in [-0.15, -0.1) is 11.3 Å². The van der Waals surface area contributed by atoms with Crippen LogP contribution in [0.3, 0.4) is 0 Å². The highest BCUT2D eigenvalue weighted by Gasteiger charge is 2.09. The fourth-order valence-corrected chi connectivity index (χ4v) is 2.85. The molecule has 0 aliphatic carbocycles. The SMILES string of the molecule is CCc1nc(N)sc1Cc1ccc(Br)c(F)c1. The third-order valence-electron chi connectivity index (χ3n) is 2.48. The van der Waals surface area contributed by atoms with Crippen LogP contribution in [0, 0.1) is 5.82 Å². The first-order valence-electron chi connectivity index (χ1n) is 5.28. The van der Waals surface area contributed by atoms with Gasteiger partial charge in [0.25, 0.3) is 0 Å². The predicted molar refractivity (Wildman–Crippen MR) is 72.8 cm³/mol. The van der Waals surface area contributed by atoms with Gasteiger partial charge in [-0.05, 0) is 40.0 Å². The van der Waals surface area contributed by atoms with E-state index < -0.39 is 0 Å². The summed E-state index contributed by atoms with van der Waals surface area (Å²) in [5.41, 5.74) is 7.63. The fourth-order valence-electron chi connectivity index (χ4n) is 1.65. The number of hydrogen-bond donors (Lipinski definition) is 1. The van der Waals surface area contributed by atoms with Crippen molar-refractivity contribution in [2.75, 3.05) is 5.73 Å². The molecule has 0 saturated carbocycles. The van der Waals surface area contributed by atoms with Crippen molar-refractivity contribution in [1.82, 2.24) is 4.98 Å². The molecule has 0 fully saturated rings. The van der Waals surface area contributed by atoms with E-state index >= 15 is 0 Å². The Labute approximate surface area is 112 Å². The second-order valence-electron chi connectivity index (χ2n) is 3.70. The molecule has 0 amide bonds. The van der Waals surface area contributed by atoms with Crippen molar-refractivity contribution in [1.29, 1.82) is 0 Å². The minimum Gasteiger partial charge on any atom is -0.375 e. The number of nitrogens with two attached hydrogens (primary N) is 1. The molecule has 0 radical (unpaired) electrons. The second kappa shape index (κ2) is 5.14. The molecular formula is C12H12BrFN2S. The van der Waals surface area contributed by atoms with E-state index in [0.717, 1.165) is 22.6 Å². The largest absolute Gasteiger partial charge is 0.375 e. The molecule has 0 spiro atoms. The average molecular weight is 315 g/mol. The number of rotatable bonds is 3. The minimum atomic E-state index is -0.238. The van der Waals surface area contributed by atoms with E-state index in [1.54, 1.807) is 12.1 Å². The molecule has 17 heavy (non-hydrogen) atoms. The van der Waals surface area contributed by atoms with Gasteiger partial charge in [0.2, 0.25) is 0 Å². The van der Waals surface area contributed by atoms with E-state index in [4.69, 9.17) is 5.73 Å². The van der Waals surface area contributed by atoms with Gasteiger partial charge in [0.05, 0.1) is 10.2 Å². The molecule has 1 heterocycles. The summed E-state index contributed by atoms with van der Waals surface area (Å²) < 4.78 is 13.9. The van der Waals surface area contributed by atoms with Crippen LogP contribution in [0.4, 0.5) is 9.52 Å². The lowest BCUT2D eigenvalue weighted by Crippen LogP contribution is -1.92. The molecule has 0 saturated heterocycles. The molecule has 0 bridgehead atoms. The summed E-state index contributed by atoms with van der Waals surface area (Å²) in [4.78, 5) is 5.38. The van der Waals surface area contributed by atoms with Crippen LogP contribution < -0.4 is 5.73 Å². The van der Waals surface area contributed by atoms with Crippen LogP contribution in [-0.4, -0.2) is 4.98 Å². The van der Waals surface area contributed by atoms with Crippen molar-refractivity contribution in [3.8, 4) is 0 Å². The van der Waals surface area contributed by atoms with Crippen LogP contribution in [0.2, 0.25) is 0 Å². The maximum Gasteiger partial charge on any atom is 0.180 e. The number of hydrogen-bond acceptors (Lipinski definition) is 3. The first-order valence-corrected chi connectivity index (χ1v) is 6.89. The summed E-state index contributed by atoms with van der Waals surface area (Å²) >= 11 is 4.62. The van der Waals surface area contributed by atoms with Crippen LogP contribution in [0.15, 0.2) is 22.7 Å². The molecule has 2 nitrogen and oxygen atoms in total.